The van der Waals surface area contributed by atoms with Crippen LogP contribution < -0.4 is 5.32 Å². The van der Waals surface area contributed by atoms with Crippen LogP contribution in [0.4, 0.5) is 0 Å². The van der Waals surface area contributed by atoms with Crippen molar-refractivity contribution in [1.82, 2.24) is 10.2 Å². The molecule has 0 aromatic heterocycles. The van der Waals surface area contributed by atoms with E-state index in [2.05, 4.69) is 40.5 Å². The van der Waals surface area contributed by atoms with Gasteiger partial charge in [-0.1, -0.05) is 30.3 Å². The van der Waals surface area contributed by atoms with Gasteiger partial charge in [0.05, 0.1) is 13.2 Å². The lowest BCUT2D eigenvalue weighted by Crippen LogP contribution is -2.44. The molecule has 1 aromatic carbocycles. The number of hydrogen-bond donors (Lipinski definition) is 1. The number of methoxy groups -OCH3 is 1. The Morgan fingerprint density at radius 1 is 1.43 bits per heavy atom. The molecule has 5 nitrogen and oxygen atoms in total. The molecule has 1 aromatic rings. The van der Waals surface area contributed by atoms with Gasteiger partial charge in [-0.15, -0.1) is 0 Å². The van der Waals surface area contributed by atoms with Crippen molar-refractivity contribution < 1.29 is 14.3 Å². The second-order valence-electron chi connectivity index (χ2n) is 6.75. The molecular formula is C18H26N2O3. The molecule has 2 atom stereocenters. The molecule has 126 valence electrons. The Morgan fingerprint density at radius 2 is 2.26 bits per heavy atom. The van der Waals surface area contributed by atoms with Crippen molar-refractivity contribution >= 4 is 5.91 Å². The Bertz CT molecular complexity index is 522. The molecule has 5 heteroatoms. The number of amides is 1. The SMILES string of the molecule is COCC(=O)NC[C@@]12COC[C@@H]1CN(CCc1ccccc1)C2. The summed E-state index contributed by atoms with van der Waals surface area (Å²) in [5.74, 6) is 0.469. The summed E-state index contributed by atoms with van der Waals surface area (Å²) >= 11 is 0. The Balaban J connectivity index is 1.53. The molecule has 1 N–H and O–H groups in total. The average molecular weight is 318 g/mol. The predicted octanol–water partition coefficient (Wildman–Crippen LogP) is 0.940. The molecule has 1 amide bonds. The topological polar surface area (TPSA) is 50.8 Å². The second-order valence-corrected chi connectivity index (χ2v) is 6.75. The number of likely N-dealkylation sites (tertiary alicyclic amines) is 1. The van der Waals surface area contributed by atoms with Crippen LogP contribution in [-0.4, -0.2) is 63.9 Å². The number of ether oxygens (including phenoxy) is 2. The molecule has 0 spiro atoms. The van der Waals surface area contributed by atoms with Crippen LogP contribution in [0, 0.1) is 11.3 Å². The molecule has 0 aliphatic carbocycles. The van der Waals surface area contributed by atoms with Gasteiger partial charge in [0.2, 0.25) is 5.91 Å². The predicted molar refractivity (Wildman–Crippen MR) is 88.2 cm³/mol. The zero-order valence-electron chi connectivity index (χ0n) is 13.8. The molecular weight excluding hydrogens is 292 g/mol. The van der Waals surface area contributed by atoms with Crippen LogP contribution >= 0.6 is 0 Å². The fourth-order valence-electron chi connectivity index (χ4n) is 3.75. The molecule has 23 heavy (non-hydrogen) atoms. The highest BCUT2D eigenvalue weighted by Gasteiger charge is 2.50. The van der Waals surface area contributed by atoms with E-state index in [1.165, 1.54) is 5.56 Å². The molecule has 2 aliphatic rings. The van der Waals surface area contributed by atoms with Gasteiger partial charge in [0, 0.05) is 44.6 Å². The number of benzene rings is 1. The highest BCUT2D eigenvalue weighted by Crippen LogP contribution is 2.40. The summed E-state index contributed by atoms with van der Waals surface area (Å²) in [6.07, 6.45) is 1.07. The van der Waals surface area contributed by atoms with Gasteiger partial charge in [-0.05, 0) is 12.0 Å². The van der Waals surface area contributed by atoms with Crippen LogP contribution in [0.5, 0.6) is 0 Å². The molecule has 0 saturated carbocycles. The van der Waals surface area contributed by atoms with E-state index < -0.39 is 0 Å². The monoisotopic (exact) mass is 318 g/mol. The third kappa shape index (κ3) is 3.91. The van der Waals surface area contributed by atoms with Crippen molar-refractivity contribution in [3.05, 3.63) is 35.9 Å². The van der Waals surface area contributed by atoms with E-state index >= 15 is 0 Å². The van der Waals surface area contributed by atoms with Crippen LogP contribution in [0.15, 0.2) is 30.3 Å². The minimum atomic E-state index is -0.0461. The first-order valence-electron chi connectivity index (χ1n) is 8.31. The molecule has 0 radical (unpaired) electrons. The van der Waals surface area contributed by atoms with E-state index in [1.807, 2.05) is 0 Å². The minimum Gasteiger partial charge on any atom is -0.380 e. The molecule has 3 rings (SSSR count). The molecule has 0 bridgehead atoms. The number of fused-ring (bicyclic) bond motifs is 1. The van der Waals surface area contributed by atoms with Crippen molar-refractivity contribution in [2.75, 3.05) is 53.1 Å². The Hall–Kier alpha value is -1.43. The van der Waals surface area contributed by atoms with E-state index in [4.69, 9.17) is 9.47 Å². The second kappa shape index (κ2) is 7.43. The summed E-state index contributed by atoms with van der Waals surface area (Å²) in [6.45, 7) is 5.48. The third-order valence-electron chi connectivity index (χ3n) is 5.06. The van der Waals surface area contributed by atoms with E-state index in [9.17, 15) is 4.79 Å². The summed E-state index contributed by atoms with van der Waals surface area (Å²) < 4.78 is 10.6. The number of nitrogens with one attached hydrogen (secondary N) is 1. The minimum absolute atomic E-state index is 0.0461. The van der Waals surface area contributed by atoms with Crippen molar-refractivity contribution in [2.24, 2.45) is 11.3 Å². The van der Waals surface area contributed by atoms with Gasteiger partial charge < -0.3 is 19.7 Å². The van der Waals surface area contributed by atoms with E-state index in [0.29, 0.717) is 12.5 Å². The van der Waals surface area contributed by atoms with Crippen LogP contribution in [0.1, 0.15) is 5.56 Å². The zero-order chi connectivity index (χ0) is 16.1. The summed E-state index contributed by atoms with van der Waals surface area (Å²) in [5.41, 5.74) is 1.45. The van der Waals surface area contributed by atoms with Crippen LogP contribution in [0.3, 0.4) is 0 Å². The van der Waals surface area contributed by atoms with Crippen molar-refractivity contribution in [3.8, 4) is 0 Å². The number of rotatable bonds is 7. The van der Waals surface area contributed by atoms with Gasteiger partial charge in [-0.3, -0.25) is 4.79 Å². The van der Waals surface area contributed by atoms with Gasteiger partial charge in [-0.25, -0.2) is 0 Å². The number of hydrogen-bond acceptors (Lipinski definition) is 4. The number of carbonyl (C=O) groups excluding carboxylic acids is 1. The first kappa shape index (κ1) is 16.4. The maximum absolute atomic E-state index is 11.7. The number of carbonyl (C=O) groups is 1. The van der Waals surface area contributed by atoms with Crippen molar-refractivity contribution in [3.63, 3.8) is 0 Å². The summed E-state index contributed by atoms with van der Waals surface area (Å²) in [4.78, 5) is 14.2. The standard InChI is InChI=1S/C18H26N2O3/c1-22-11-17(21)19-12-18-13-20(9-16(18)10-23-14-18)8-7-15-5-3-2-4-6-15/h2-6,16H,7-14H2,1H3,(H,19,21)/t16-,18+/m0/s1. The smallest absolute Gasteiger partial charge is 0.246 e. The van der Waals surface area contributed by atoms with E-state index in [1.54, 1.807) is 7.11 Å². The highest BCUT2D eigenvalue weighted by molar-refractivity contribution is 5.77. The molecule has 0 unspecified atom stereocenters. The fraction of sp³-hybridized carbons (Fsp3) is 0.611. The fourth-order valence-corrected chi connectivity index (χ4v) is 3.75. The van der Waals surface area contributed by atoms with Gasteiger partial charge in [-0.2, -0.15) is 0 Å². The lowest BCUT2D eigenvalue weighted by Gasteiger charge is -2.27. The molecule has 2 saturated heterocycles. The highest BCUT2D eigenvalue weighted by atomic mass is 16.5. The lowest BCUT2D eigenvalue weighted by molar-refractivity contribution is -0.125. The first-order valence-corrected chi connectivity index (χ1v) is 8.31. The van der Waals surface area contributed by atoms with Gasteiger partial charge >= 0.3 is 0 Å². The molecule has 2 aliphatic heterocycles. The van der Waals surface area contributed by atoms with Crippen molar-refractivity contribution in [2.45, 2.75) is 6.42 Å². The van der Waals surface area contributed by atoms with Crippen molar-refractivity contribution in [1.29, 1.82) is 0 Å². The lowest BCUT2D eigenvalue weighted by atomic mass is 9.81. The summed E-state index contributed by atoms with van der Waals surface area (Å²) in [5, 5.41) is 3.01. The Kier molecular flexibility index (Phi) is 5.30. The Labute approximate surface area is 137 Å². The summed E-state index contributed by atoms with van der Waals surface area (Å²) in [7, 11) is 1.54. The van der Waals surface area contributed by atoms with Gasteiger partial charge in [0.15, 0.2) is 0 Å². The van der Waals surface area contributed by atoms with Gasteiger partial charge in [0.1, 0.15) is 6.61 Å². The normalized spacial score (nSPS) is 27.1. The third-order valence-corrected chi connectivity index (χ3v) is 5.06. The number of nitrogens with zero attached hydrogens (tertiary/aromatic N) is 1. The maximum Gasteiger partial charge on any atom is 0.246 e. The van der Waals surface area contributed by atoms with E-state index in [0.717, 1.165) is 39.3 Å². The molecule has 2 heterocycles. The first-order chi connectivity index (χ1) is 11.2. The summed E-state index contributed by atoms with van der Waals surface area (Å²) in [6, 6.07) is 10.6. The van der Waals surface area contributed by atoms with Crippen LogP contribution in [0.2, 0.25) is 0 Å². The van der Waals surface area contributed by atoms with Crippen LogP contribution in [-0.2, 0) is 20.7 Å². The quantitative estimate of drug-likeness (QED) is 0.813. The molecule has 2 fully saturated rings. The largest absolute Gasteiger partial charge is 0.380 e. The van der Waals surface area contributed by atoms with Crippen LogP contribution in [0.25, 0.3) is 0 Å². The zero-order valence-corrected chi connectivity index (χ0v) is 13.8. The van der Waals surface area contributed by atoms with E-state index in [-0.39, 0.29) is 17.9 Å². The average Bonchev–Trinajstić information content (AvgIpc) is 3.09. The Morgan fingerprint density at radius 3 is 3.04 bits per heavy atom. The van der Waals surface area contributed by atoms with Gasteiger partial charge in [0.25, 0.3) is 0 Å². The maximum atomic E-state index is 11.7.